The van der Waals surface area contributed by atoms with Gasteiger partial charge in [0.2, 0.25) is 11.2 Å². The van der Waals surface area contributed by atoms with Crippen molar-refractivity contribution < 1.29 is 22.6 Å². The van der Waals surface area contributed by atoms with Crippen molar-refractivity contribution in [2.45, 2.75) is 50.9 Å². The summed E-state index contributed by atoms with van der Waals surface area (Å²) in [6.07, 6.45) is -0.988. The molecule has 0 saturated heterocycles. The monoisotopic (exact) mass is 417 g/mol. The molecule has 2 saturated carbocycles. The first-order chi connectivity index (χ1) is 13.2. The van der Waals surface area contributed by atoms with Crippen LogP contribution < -0.4 is 15.2 Å². The fourth-order valence-electron chi connectivity index (χ4n) is 3.17. The Bertz CT molecular complexity index is 884. The fraction of sp³-hybridized carbons (Fsp3) is 0.588. The average Bonchev–Trinajstić information content (AvgIpc) is 3.39. The predicted octanol–water partition coefficient (Wildman–Crippen LogP) is 3.81. The summed E-state index contributed by atoms with van der Waals surface area (Å²) in [7, 11) is 0. The van der Waals surface area contributed by atoms with E-state index in [1.807, 2.05) is 6.92 Å². The maximum Gasteiger partial charge on any atom is 0.423 e. The normalized spacial score (nSPS) is 22.0. The largest absolute Gasteiger partial charge is 0.487 e. The zero-order chi connectivity index (χ0) is 20.1. The molecule has 2 aromatic rings. The Hall–Kier alpha value is -2.23. The maximum absolute atomic E-state index is 13.1. The summed E-state index contributed by atoms with van der Waals surface area (Å²) in [6, 6.07) is 0.333. The molecule has 2 atom stereocenters. The van der Waals surface area contributed by atoms with Crippen molar-refractivity contribution in [3.63, 3.8) is 0 Å². The summed E-state index contributed by atoms with van der Waals surface area (Å²) in [6.45, 7) is 2.09. The number of hydrogen-bond acceptors (Lipinski definition) is 6. The number of anilines is 1. The quantitative estimate of drug-likeness (QED) is 0.719. The molecule has 2 N–H and O–H groups in total. The van der Waals surface area contributed by atoms with Gasteiger partial charge < -0.3 is 15.2 Å². The molecule has 2 aliphatic carbocycles. The minimum absolute atomic E-state index is 0.0853. The van der Waals surface area contributed by atoms with Crippen molar-refractivity contribution in [1.29, 1.82) is 0 Å². The van der Waals surface area contributed by atoms with Gasteiger partial charge >= 0.3 is 6.18 Å². The smallest absolute Gasteiger partial charge is 0.423 e. The molecule has 0 aliphatic heterocycles. The van der Waals surface area contributed by atoms with Gasteiger partial charge in [0.05, 0.1) is 12.6 Å². The second kappa shape index (κ2) is 6.98. The Morgan fingerprint density at radius 3 is 2.64 bits per heavy atom. The number of ether oxygens (including phenoxy) is 2. The number of rotatable bonds is 6. The zero-order valence-corrected chi connectivity index (χ0v) is 15.8. The van der Waals surface area contributed by atoms with Crippen molar-refractivity contribution in [2.24, 2.45) is 5.92 Å². The number of nitrogens with two attached hydrogens (primary N) is 1. The van der Waals surface area contributed by atoms with Crippen LogP contribution in [0.4, 0.5) is 19.0 Å². The van der Waals surface area contributed by atoms with Crippen LogP contribution >= 0.6 is 11.6 Å². The first-order valence-corrected chi connectivity index (χ1v) is 9.35. The summed E-state index contributed by atoms with van der Waals surface area (Å²) >= 11 is 5.64. The third-order valence-corrected chi connectivity index (χ3v) is 5.22. The summed E-state index contributed by atoms with van der Waals surface area (Å²) in [5, 5.41) is 4.11. The minimum atomic E-state index is -4.63. The molecule has 2 fully saturated rings. The summed E-state index contributed by atoms with van der Waals surface area (Å²) in [4.78, 5) is 7.01. The summed E-state index contributed by atoms with van der Waals surface area (Å²) in [5.41, 5.74) is 5.77. The number of halogens is 4. The Morgan fingerprint density at radius 2 is 2.04 bits per heavy atom. The van der Waals surface area contributed by atoms with E-state index in [1.54, 1.807) is 4.68 Å². The molecule has 4 rings (SSSR count). The highest BCUT2D eigenvalue weighted by molar-refractivity contribution is 6.28. The molecule has 152 valence electrons. The van der Waals surface area contributed by atoms with Crippen LogP contribution in [0, 0.1) is 12.8 Å². The average molecular weight is 418 g/mol. The summed E-state index contributed by atoms with van der Waals surface area (Å²) in [5.74, 6) is 0.370. The van der Waals surface area contributed by atoms with Gasteiger partial charge in [0, 0.05) is 12.1 Å². The van der Waals surface area contributed by atoms with E-state index in [9.17, 15) is 13.2 Å². The first-order valence-electron chi connectivity index (χ1n) is 8.97. The molecule has 28 heavy (non-hydrogen) atoms. The van der Waals surface area contributed by atoms with Gasteiger partial charge in [-0.2, -0.15) is 23.3 Å². The molecule has 0 unspecified atom stereocenters. The summed E-state index contributed by atoms with van der Waals surface area (Å²) < 4.78 is 52.5. The van der Waals surface area contributed by atoms with Crippen LogP contribution in [0.3, 0.4) is 0 Å². The lowest BCUT2D eigenvalue weighted by Crippen LogP contribution is -2.41. The van der Waals surface area contributed by atoms with Crippen LogP contribution in [-0.4, -0.2) is 32.5 Å². The molecular formula is C17H19ClF3N5O2. The van der Waals surface area contributed by atoms with Crippen LogP contribution in [-0.2, 0) is 6.18 Å². The number of nitrogen functional groups attached to an aromatic ring is 1. The first kappa shape index (κ1) is 19.1. The minimum Gasteiger partial charge on any atom is -0.487 e. The number of nitrogens with zero attached hydrogens (tertiary/aromatic N) is 4. The van der Waals surface area contributed by atoms with Crippen LogP contribution in [0.5, 0.6) is 11.6 Å². The van der Waals surface area contributed by atoms with Gasteiger partial charge in [-0.05, 0) is 44.2 Å². The lowest BCUT2D eigenvalue weighted by molar-refractivity contribution is -0.140. The van der Waals surface area contributed by atoms with Crippen molar-refractivity contribution >= 4 is 17.4 Å². The molecule has 7 nitrogen and oxygen atoms in total. The molecule has 11 heteroatoms. The van der Waals surface area contributed by atoms with Crippen molar-refractivity contribution in [3.05, 3.63) is 22.7 Å². The van der Waals surface area contributed by atoms with Crippen LogP contribution in [0.1, 0.15) is 43.0 Å². The zero-order valence-electron chi connectivity index (χ0n) is 15.0. The second-order valence-corrected chi connectivity index (χ2v) is 7.47. The van der Waals surface area contributed by atoms with E-state index < -0.39 is 23.7 Å². The Balaban J connectivity index is 1.42. The van der Waals surface area contributed by atoms with E-state index in [-0.39, 0.29) is 17.8 Å². The van der Waals surface area contributed by atoms with Crippen molar-refractivity contribution in [2.75, 3.05) is 12.3 Å². The fourth-order valence-corrected chi connectivity index (χ4v) is 3.30. The molecule has 0 amide bonds. The van der Waals surface area contributed by atoms with Gasteiger partial charge in [-0.1, -0.05) is 0 Å². The van der Waals surface area contributed by atoms with Crippen molar-refractivity contribution in [3.8, 4) is 11.6 Å². The highest BCUT2D eigenvalue weighted by Gasteiger charge is 2.40. The number of aryl methyl sites for hydroxylation is 1. The Kier molecular flexibility index (Phi) is 4.76. The van der Waals surface area contributed by atoms with E-state index in [0.29, 0.717) is 35.9 Å². The van der Waals surface area contributed by atoms with Gasteiger partial charge in [0.1, 0.15) is 17.4 Å². The highest BCUT2D eigenvalue weighted by atomic mass is 35.5. The van der Waals surface area contributed by atoms with E-state index >= 15 is 0 Å². The van der Waals surface area contributed by atoms with Crippen LogP contribution in [0.25, 0.3) is 0 Å². The highest BCUT2D eigenvalue weighted by Crippen LogP contribution is 2.41. The van der Waals surface area contributed by atoms with E-state index in [4.69, 9.17) is 26.8 Å². The lowest BCUT2D eigenvalue weighted by atomic mass is 9.82. The van der Waals surface area contributed by atoms with E-state index in [2.05, 4.69) is 15.1 Å². The Morgan fingerprint density at radius 1 is 1.29 bits per heavy atom. The topological polar surface area (TPSA) is 88.1 Å². The van der Waals surface area contributed by atoms with Gasteiger partial charge in [-0.3, -0.25) is 0 Å². The molecule has 2 aromatic heterocycles. The maximum atomic E-state index is 13.1. The molecule has 2 heterocycles. The molecule has 2 aliphatic rings. The second-order valence-electron chi connectivity index (χ2n) is 7.14. The van der Waals surface area contributed by atoms with Crippen molar-refractivity contribution in [1.82, 2.24) is 19.7 Å². The van der Waals surface area contributed by atoms with E-state index in [0.717, 1.165) is 19.3 Å². The van der Waals surface area contributed by atoms with Crippen LogP contribution in [0.2, 0.25) is 5.28 Å². The predicted molar refractivity (Wildman–Crippen MR) is 94.3 cm³/mol. The Labute approximate surface area is 164 Å². The molecule has 0 aromatic carbocycles. The molecule has 0 bridgehead atoms. The van der Waals surface area contributed by atoms with Gasteiger partial charge in [-0.15, -0.1) is 0 Å². The third kappa shape index (κ3) is 3.69. The van der Waals surface area contributed by atoms with E-state index in [1.165, 1.54) is 0 Å². The van der Waals surface area contributed by atoms with Crippen LogP contribution in [0.15, 0.2) is 6.20 Å². The molecule has 0 radical (unpaired) electrons. The number of aromatic nitrogens is 4. The van der Waals surface area contributed by atoms with Gasteiger partial charge in [0.25, 0.3) is 0 Å². The van der Waals surface area contributed by atoms with Gasteiger partial charge in [0.15, 0.2) is 11.6 Å². The number of hydrogen-bond donors (Lipinski definition) is 1. The van der Waals surface area contributed by atoms with Gasteiger partial charge in [-0.25, -0.2) is 9.67 Å². The lowest BCUT2D eigenvalue weighted by Gasteiger charge is -2.36. The third-order valence-electron chi connectivity index (χ3n) is 5.04. The number of alkyl halides is 3. The molecule has 0 spiro atoms. The SMILES string of the molecule is Cc1nn(C2CC2)c(N)c1OC[C@H]1CC[C@@H]1Oc1nc(Cl)ncc1C(F)(F)F. The molecular weight excluding hydrogens is 399 g/mol. The standard InChI is InChI=1S/C17H19ClF3N5O2/c1-8-13(14(22)26(25-8)10-3-4-10)27-7-9-2-5-12(9)28-15-11(17(19,20)21)6-23-16(18)24-15/h6,9-10,12H,2-5,7,22H2,1H3/t9-,12+/m1/s1.